The zero-order valence-electron chi connectivity index (χ0n) is 17.3. The summed E-state index contributed by atoms with van der Waals surface area (Å²) in [6.07, 6.45) is 5.94. The summed E-state index contributed by atoms with van der Waals surface area (Å²) in [5.74, 6) is -0.0670. The van der Waals surface area contributed by atoms with E-state index >= 15 is 0 Å². The minimum absolute atomic E-state index is 0.0104. The number of ether oxygens (including phenoxy) is 1. The largest absolute Gasteiger partial charge is 0.383 e. The van der Waals surface area contributed by atoms with Gasteiger partial charge in [-0.05, 0) is 36.3 Å². The van der Waals surface area contributed by atoms with E-state index in [0.29, 0.717) is 25.1 Å². The molecule has 158 valence electrons. The molecule has 1 atom stereocenters. The van der Waals surface area contributed by atoms with Gasteiger partial charge in [0.15, 0.2) is 0 Å². The molecule has 0 aliphatic carbocycles. The maximum absolute atomic E-state index is 13.0. The number of hydrogen-bond donors (Lipinski definition) is 1. The maximum atomic E-state index is 13.0. The van der Waals surface area contributed by atoms with Crippen molar-refractivity contribution in [3.63, 3.8) is 0 Å². The first-order valence-electron chi connectivity index (χ1n) is 10.2. The molecule has 0 spiro atoms. The summed E-state index contributed by atoms with van der Waals surface area (Å²) in [7, 11) is 3.43. The van der Waals surface area contributed by atoms with Crippen LogP contribution in [0, 0.1) is 0 Å². The van der Waals surface area contributed by atoms with Crippen LogP contribution in [0.5, 0.6) is 0 Å². The summed E-state index contributed by atoms with van der Waals surface area (Å²) in [4.78, 5) is 28.6. The van der Waals surface area contributed by atoms with Crippen molar-refractivity contribution in [3.05, 3.63) is 52.7 Å². The van der Waals surface area contributed by atoms with Crippen molar-refractivity contribution in [1.82, 2.24) is 20.0 Å². The Kier molecular flexibility index (Phi) is 6.15. The molecule has 0 radical (unpaired) electrons. The molecule has 2 amide bonds. The normalized spacial score (nSPS) is 16.3. The van der Waals surface area contributed by atoms with Crippen LogP contribution in [0.15, 0.2) is 36.7 Å². The second-order valence-corrected chi connectivity index (χ2v) is 8.61. The number of carbonyl (C=O) groups excluding carboxylic acids is 2. The molecule has 7 nitrogen and oxygen atoms in total. The minimum Gasteiger partial charge on any atom is -0.383 e. The van der Waals surface area contributed by atoms with E-state index in [2.05, 4.69) is 16.5 Å². The molecular weight excluding hydrogens is 400 g/mol. The third-order valence-electron chi connectivity index (χ3n) is 5.53. The molecule has 3 aromatic rings. The number of methoxy groups -OCH3 is 1. The smallest absolute Gasteiger partial charge is 0.261 e. The first kappa shape index (κ1) is 20.6. The molecule has 1 aliphatic heterocycles. The van der Waals surface area contributed by atoms with Gasteiger partial charge in [-0.25, -0.2) is 0 Å². The van der Waals surface area contributed by atoms with E-state index in [1.54, 1.807) is 24.2 Å². The van der Waals surface area contributed by atoms with Gasteiger partial charge >= 0.3 is 0 Å². The molecule has 1 aliphatic rings. The number of aryl methyl sites for hydroxylation is 1. The van der Waals surface area contributed by atoms with Gasteiger partial charge in [-0.3, -0.25) is 14.3 Å². The molecule has 1 aromatic carbocycles. The lowest BCUT2D eigenvalue weighted by atomic mass is 10.00. The van der Waals surface area contributed by atoms with E-state index in [-0.39, 0.29) is 17.9 Å². The number of rotatable bonds is 7. The fourth-order valence-electron chi connectivity index (χ4n) is 4.08. The van der Waals surface area contributed by atoms with Gasteiger partial charge in [-0.1, -0.05) is 18.2 Å². The number of nitrogens with one attached hydrogen (secondary N) is 1. The molecular formula is C22H26N4O3S. The molecule has 3 heterocycles. The molecule has 1 N–H and O–H groups in total. The second-order valence-electron chi connectivity index (χ2n) is 7.56. The van der Waals surface area contributed by atoms with E-state index in [0.717, 1.165) is 39.9 Å². The van der Waals surface area contributed by atoms with Gasteiger partial charge in [0.1, 0.15) is 0 Å². The zero-order chi connectivity index (χ0) is 21.1. The number of hydrogen-bond acceptors (Lipinski definition) is 5. The molecule has 0 saturated carbocycles. The minimum atomic E-state index is -0.0774. The summed E-state index contributed by atoms with van der Waals surface area (Å²) in [5.41, 5.74) is 1.64. The van der Waals surface area contributed by atoms with Gasteiger partial charge in [0.25, 0.3) is 11.8 Å². The Balaban J connectivity index is 1.61. The van der Waals surface area contributed by atoms with Crippen LogP contribution in [0.3, 0.4) is 0 Å². The number of fused-ring (bicyclic) bond motifs is 1. The standard InChI is InChI=1S/C22H26N4O3S/c1-25-14-15(13-24-25)22(28)26-10-5-6-16(26)12-18-17-7-3-4-8-19(17)30-20(18)21(27)23-9-11-29-2/h3-4,7-8,13-14,16H,5-6,9-12H2,1-2H3,(H,23,27). The lowest BCUT2D eigenvalue weighted by Crippen LogP contribution is -2.37. The number of likely N-dealkylation sites (tertiary alicyclic amines) is 1. The quantitative estimate of drug-likeness (QED) is 0.590. The summed E-state index contributed by atoms with van der Waals surface area (Å²) in [5, 5.41) is 8.17. The van der Waals surface area contributed by atoms with Crippen LogP contribution in [-0.4, -0.2) is 59.3 Å². The predicted octanol–water partition coefficient (Wildman–Crippen LogP) is 2.86. The molecule has 8 heteroatoms. The van der Waals surface area contributed by atoms with Gasteiger partial charge in [0, 0.05) is 44.2 Å². The van der Waals surface area contributed by atoms with Gasteiger partial charge in [0.05, 0.1) is 23.2 Å². The fraction of sp³-hybridized carbons (Fsp3) is 0.409. The highest BCUT2D eigenvalue weighted by molar-refractivity contribution is 7.21. The van der Waals surface area contributed by atoms with Crippen LogP contribution in [0.25, 0.3) is 10.1 Å². The van der Waals surface area contributed by atoms with Gasteiger partial charge in [0.2, 0.25) is 0 Å². The van der Waals surface area contributed by atoms with Crippen molar-refractivity contribution < 1.29 is 14.3 Å². The Labute approximate surface area is 179 Å². The SMILES string of the molecule is COCCNC(=O)c1sc2ccccc2c1CC1CCCN1C(=O)c1cnn(C)c1. The highest BCUT2D eigenvalue weighted by atomic mass is 32.1. The second kappa shape index (κ2) is 8.97. The van der Waals surface area contributed by atoms with Crippen molar-refractivity contribution in [2.24, 2.45) is 7.05 Å². The van der Waals surface area contributed by atoms with E-state index in [1.807, 2.05) is 30.1 Å². The Morgan fingerprint density at radius 3 is 2.93 bits per heavy atom. The molecule has 1 unspecified atom stereocenters. The Hall–Kier alpha value is -2.71. The van der Waals surface area contributed by atoms with Crippen molar-refractivity contribution >= 4 is 33.2 Å². The average molecular weight is 427 g/mol. The first-order valence-corrected chi connectivity index (χ1v) is 11.0. The van der Waals surface area contributed by atoms with Gasteiger partial charge < -0.3 is 15.0 Å². The number of amides is 2. The average Bonchev–Trinajstić information content (AvgIpc) is 3.47. The topological polar surface area (TPSA) is 76.5 Å². The highest BCUT2D eigenvalue weighted by Crippen LogP contribution is 2.34. The molecule has 30 heavy (non-hydrogen) atoms. The molecule has 1 fully saturated rings. The number of thiophene rings is 1. The number of nitrogens with zero attached hydrogens (tertiary/aromatic N) is 3. The molecule has 4 rings (SSSR count). The number of aromatic nitrogens is 2. The number of carbonyl (C=O) groups is 2. The van der Waals surface area contributed by atoms with E-state index in [4.69, 9.17) is 4.74 Å². The van der Waals surface area contributed by atoms with Crippen LogP contribution in [-0.2, 0) is 18.2 Å². The molecule has 0 bridgehead atoms. The summed E-state index contributed by atoms with van der Waals surface area (Å²) >= 11 is 1.51. The van der Waals surface area contributed by atoms with Crippen LogP contribution in [0.1, 0.15) is 38.4 Å². The van der Waals surface area contributed by atoms with Gasteiger partial charge in [-0.15, -0.1) is 11.3 Å². The fourth-order valence-corrected chi connectivity index (χ4v) is 5.23. The predicted molar refractivity (Wildman–Crippen MR) is 117 cm³/mol. The molecule has 2 aromatic heterocycles. The summed E-state index contributed by atoms with van der Waals surface area (Å²) in [6.45, 7) is 1.68. The monoisotopic (exact) mass is 426 g/mol. The summed E-state index contributed by atoms with van der Waals surface area (Å²) in [6, 6.07) is 8.17. The molecule has 1 saturated heterocycles. The third-order valence-corrected chi connectivity index (χ3v) is 6.74. The lowest BCUT2D eigenvalue weighted by molar-refractivity contribution is 0.0736. The third kappa shape index (κ3) is 4.11. The van der Waals surface area contributed by atoms with Crippen molar-refractivity contribution in [2.45, 2.75) is 25.3 Å². The lowest BCUT2D eigenvalue weighted by Gasteiger charge is -2.24. The number of benzene rings is 1. The summed E-state index contributed by atoms with van der Waals surface area (Å²) < 4.78 is 7.78. The van der Waals surface area contributed by atoms with Crippen molar-refractivity contribution in [2.75, 3.05) is 26.8 Å². The van der Waals surface area contributed by atoms with Crippen LogP contribution >= 0.6 is 11.3 Å². The van der Waals surface area contributed by atoms with Crippen LogP contribution in [0.4, 0.5) is 0 Å². The van der Waals surface area contributed by atoms with Crippen LogP contribution < -0.4 is 5.32 Å². The Bertz CT molecular complexity index is 1060. The highest BCUT2D eigenvalue weighted by Gasteiger charge is 2.32. The van der Waals surface area contributed by atoms with Gasteiger partial charge in [-0.2, -0.15) is 5.10 Å². The zero-order valence-corrected chi connectivity index (χ0v) is 18.1. The van der Waals surface area contributed by atoms with E-state index in [9.17, 15) is 9.59 Å². The van der Waals surface area contributed by atoms with E-state index < -0.39 is 0 Å². The van der Waals surface area contributed by atoms with Crippen molar-refractivity contribution in [3.8, 4) is 0 Å². The Morgan fingerprint density at radius 2 is 2.17 bits per heavy atom. The maximum Gasteiger partial charge on any atom is 0.261 e. The van der Waals surface area contributed by atoms with Crippen molar-refractivity contribution in [1.29, 1.82) is 0 Å². The Morgan fingerprint density at radius 1 is 1.33 bits per heavy atom. The van der Waals surface area contributed by atoms with E-state index in [1.165, 1.54) is 11.3 Å². The van der Waals surface area contributed by atoms with Crippen LogP contribution in [0.2, 0.25) is 0 Å². The first-order chi connectivity index (χ1) is 14.6.